The molecule has 0 N–H and O–H groups in total. The standard InChI is InChI=1S/C51H34N2O/c1-51(2)39-19-11-9-17-35(39)47-40(51)24-26-42-49(47)38-29-31(22-25-41(38)52(42)33-13-5-3-6-14-33)32-21-23-36-44(30-32)53(34-15-7-4-8-16-34)43-27-28-46-50(48(36)43)37-18-10-12-20-45(37)54-46/h3-30H,1-2H3. The molecule has 0 atom stereocenters. The number of aromatic nitrogens is 2. The molecule has 1 aliphatic rings. The fourth-order valence-electron chi connectivity index (χ4n) is 9.70. The van der Waals surface area contributed by atoms with Crippen molar-refractivity contribution in [1.82, 2.24) is 9.13 Å². The van der Waals surface area contributed by atoms with Crippen molar-refractivity contribution in [2.24, 2.45) is 0 Å². The Hall–Kier alpha value is -6.84. The van der Waals surface area contributed by atoms with Crippen LogP contribution in [-0.2, 0) is 5.41 Å². The van der Waals surface area contributed by atoms with Gasteiger partial charge in [0.25, 0.3) is 0 Å². The van der Waals surface area contributed by atoms with Crippen LogP contribution in [0.15, 0.2) is 174 Å². The molecule has 0 amide bonds. The molecule has 1 aliphatic carbocycles. The summed E-state index contributed by atoms with van der Waals surface area (Å²) < 4.78 is 11.2. The minimum Gasteiger partial charge on any atom is -0.456 e. The summed E-state index contributed by atoms with van der Waals surface area (Å²) in [6.07, 6.45) is 0. The fourth-order valence-corrected chi connectivity index (χ4v) is 9.70. The third kappa shape index (κ3) is 3.85. The molecule has 3 heteroatoms. The lowest BCUT2D eigenvalue weighted by molar-refractivity contribution is 0.661. The van der Waals surface area contributed by atoms with Crippen LogP contribution in [0.3, 0.4) is 0 Å². The smallest absolute Gasteiger partial charge is 0.136 e. The minimum atomic E-state index is -0.0828. The van der Waals surface area contributed by atoms with Gasteiger partial charge in [-0.1, -0.05) is 117 Å². The van der Waals surface area contributed by atoms with Crippen LogP contribution >= 0.6 is 0 Å². The van der Waals surface area contributed by atoms with E-state index in [-0.39, 0.29) is 5.41 Å². The van der Waals surface area contributed by atoms with E-state index in [1.54, 1.807) is 0 Å². The molecule has 0 saturated heterocycles. The van der Waals surface area contributed by atoms with Gasteiger partial charge in [0.05, 0.1) is 22.1 Å². The van der Waals surface area contributed by atoms with E-state index in [0.717, 1.165) is 22.2 Å². The van der Waals surface area contributed by atoms with E-state index < -0.39 is 0 Å². The second-order valence-corrected chi connectivity index (χ2v) is 15.3. The van der Waals surface area contributed by atoms with E-state index in [4.69, 9.17) is 4.42 Å². The lowest BCUT2D eigenvalue weighted by atomic mass is 9.82. The van der Waals surface area contributed by atoms with Crippen LogP contribution in [0.5, 0.6) is 0 Å². The van der Waals surface area contributed by atoms with E-state index in [1.807, 2.05) is 6.07 Å². The molecule has 0 radical (unpaired) electrons. The van der Waals surface area contributed by atoms with Crippen molar-refractivity contribution in [2.75, 3.05) is 0 Å². The largest absolute Gasteiger partial charge is 0.456 e. The molecular weight excluding hydrogens is 657 g/mol. The molecule has 11 aromatic rings. The molecule has 0 spiro atoms. The third-order valence-electron chi connectivity index (χ3n) is 12.1. The van der Waals surface area contributed by atoms with Gasteiger partial charge >= 0.3 is 0 Å². The van der Waals surface area contributed by atoms with Crippen LogP contribution in [0.4, 0.5) is 0 Å². The minimum absolute atomic E-state index is 0.0828. The zero-order chi connectivity index (χ0) is 35.7. The Labute approximate surface area is 311 Å². The summed E-state index contributed by atoms with van der Waals surface area (Å²) in [6.45, 7) is 4.74. The Bertz CT molecular complexity index is 3340. The second kappa shape index (κ2) is 10.6. The SMILES string of the molecule is CC1(C)c2ccccc2-c2c1ccc1c2c2cc(-c3ccc4c5c6c(ccc5n(-c5ccccc5)c4c3)oc3ccccc36)ccc2n1-c1ccccc1. The van der Waals surface area contributed by atoms with Crippen molar-refractivity contribution >= 4 is 65.6 Å². The Balaban J connectivity index is 1.16. The normalized spacial score (nSPS) is 13.5. The number of nitrogens with zero attached hydrogens (tertiary/aromatic N) is 2. The molecule has 0 unspecified atom stereocenters. The number of fused-ring (bicyclic) bond motifs is 14. The molecule has 0 saturated carbocycles. The van der Waals surface area contributed by atoms with E-state index in [0.29, 0.717) is 0 Å². The molecule has 0 aliphatic heterocycles. The van der Waals surface area contributed by atoms with Crippen molar-refractivity contribution in [1.29, 1.82) is 0 Å². The predicted molar refractivity (Wildman–Crippen MR) is 225 cm³/mol. The molecule has 254 valence electrons. The van der Waals surface area contributed by atoms with Crippen LogP contribution in [0.2, 0.25) is 0 Å². The number of benzene rings is 8. The molecule has 3 aromatic heterocycles. The monoisotopic (exact) mass is 690 g/mol. The number of rotatable bonds is 3. The van der Waals surface area contributed by atoms with Gasteiger partial charge in [-0.25, -0.2) is 0 Å². The predicted octanol–water partition coefficient (Wildman–Crippen LogP) is 13.8. The molecule has 12 rings (SSSR count). The highest BCUT2D eigenvalue weighted by Crippen LogP contribution is 2.53. The maximum atomic E-state index is 6.38. The average Bonchev–Trinajstić information content (AvgIpc) is 3.93. The van der Waals surface area contributed by atoms with Crippen molar-refractivity contribution in [3.63, 3.8) is 0 Å². The lowest BCUT2D eigenvalue weighted by Gasteiger charge is -2.21. The van der Waals surface area contributed by atoms with Crippen LogP contribution in [0.25, 0.3) is 99.2 Å². The molecule has 3 nitrogen and oxygen atoms in total. The quantitative estimate of drug-likeness (QED) is 0.181. The van der Waals surface area contributed by atoms with Gasteiger partial charge in [-0.05, 0) is 100 Å². The maximum absolute atomic E-state index is 6.38. The first-order valence-corrected chi connectivity index (χ1v) is 18.8. The Kier molecular flexibility index (Phi) is 5.84. The van der Waals surface area contributed by atoms with Crippen molar-refractivity contribution in [3.8, 4) is 33.6 Å². The average molecular weight is 691 g/mol. The summed E-state index contributed by atoms with van der Waals surface area (Å²) >= 11 is 0. The van der Waals surface area contributed by atoms with Crippen molar-refractivity contribution in [3.05, 3.63) is 181 Å². The number of para-hydroxylation sites is 3. The zero-order valence-corrected chi connectivity index (χ0v) is 30.0. The van der Waals surface area contributed by atoms with Crippen LogP contribution in [0, 0.1) is 0 Å². The Morgan fingerprint density at radius 1 is 0.407 bits per heavy atom. The summed E-state index contributed by atoms with van der Waals surface area (Å²) in [7, 11) is 0. The van der Waals surface area contributed by atoms with Gasteiger partial charge in [-0.15, -0.1) is 0 Å². The van der Waals surface area contributed by atoms with Gasteiger partial charge in [-0.2, -0.15) is 0 Å². The molecular formula is C51H34N2O. The van der Waals surface area contributed by atoms with Gasteiger partial charge in [0, 0.05) is 49.1 Å². The van der Waals surface area contributed by atoms with E-state index >= 15 is 0 Å². The summed E-state index contributed by atoms with van der Waals surface area (Å²) in [5, 5.41) is 7.34. The van der Waals surface area contributed by atoms with E-state index in [1.165, 1.54) is 88.1 Å². The summed E-state index contributed by atoms with van der Waals surface area (Å²) in [5.74, 6) is 0. The summed E-state index contributed by atoms with van der Waals surface area (Å²) in [4.78, 5) is 0. The number of hydrogen-bond donors (Lipinski definition) is 0. The van der Waals surface area contributed by atoms with Crippen molar-refractivity contribution < 1.29 is 4.42 Å². The first-order valence-electron chi connectivity index (χ1n) is 18.8. The molecule has 8 aromatic carbocycles. The van der Waals surface area contributed by atoms with Crippen LogP contribution in [-0.4, -0.2) is 9.13 Å². The fraction of sp³-hybridized carbons (Fsp3) is 0.0588. The van der Waals surface area contributed by atoms with Gasteiger partial charge in [0.1, 0.15) is 11.2 Å². The lowest BCUT2D eigenvalue weighted by Crippen LogP contribution is -2.14. The maximum Gasteiger partial charge on any atom is 0.136 e. The van der Waals surface area contributed by atoms with Crippen LogP contribution in [0.1, 0.15) is 25.0 Å². The highest BCUT2D eigenvalue weighted by molar-refractivity contribution is 6.27. The first-order chi connectivity index (χ1) is 26.6. The topological polar surface area (TPSA) is 23.0 Å². The Morgan fingerprint density at radius 3 is 1.85 bits per heavy atom. The molecule has 54 heavy (non-hydrogen) atoms. The molecule has 0 bridgehead atoms. The van der Waals surface area contributed by atoms with Gasteiger partial charge in [0.2, 0.25) is 0 Å². The number of hydrogen-bond acceptors (Lipinski definition) is 1. The van der Waals surface area contributed by atoms with Gasteiger partial charge < -0.3 is 13.6 Å². The summed E-state index contributed by atoms with van der Waals surface area (Å²) in [5.41, 5.74) is 16.7. The Morgan fingerprint density at radius 2 is 1.04 bits per heavy atom. The van der Waals surface area contributed by atoms with E-state index in [2.05, 4.69) is 187 Å². The second-order valence-electron chi connectivity index (χ2n) is 15.3. The highest BCUT2D eigenvalue weighted by atomic mass is 16.3. The van der Waals surface area contributed by atoms with Gasteiger partial charge in [0.15, 0.2) is 0 Å². The van der Waals surface area contributed by atoms with Gasteiger partial charge in [-0.3, -0.25) is 0 Å². The van der Waals surface area contributed by atoms with Crippen LogP contribution < -0.4 is 0 Å². The van der Waals surface area contributed by atoms with Crippen molar-refractivity contribution in [2.45, 2.75) is 19.3 Å². The molecule has 0 fully saturated rings. The number of furan rings is 1. The third-order valence-corrected chi connectivity index (χ3v) is 12.1. The van der Waals surface area contributed by atoms with E-state index in [9.17, 15) is 0 Å². The first kappa shape index (κ1) is 29.7. The zero-order valence-electron chi connectivity index (χ0n) is 30.0. The highest BCUT2D eigenvalue weighted by Gasteiger charge is 2.37. The summed E-state index contributed by atoms with van der Waals surface area (Å²) in [6, 6.07) is 62.0. The molecule has 3 heterocycles.